The molecule has 0 atom stereocenters. The monoisotopic (exact) mass is 334 g/mol. The van der Waals surface area contributed by atoms with Crippen molar-refractivity contribution in [1.29, 1.82) is 0 Å². The van der Waals surface area contributed by atoms with Gasteiger partial charge < -0.3 is 20.0 Å². The van der Waals surface area contributed by atoms with Crippen molar-refractivity contribution in [2.45, 2.75) is 38.1 Å². The molecule has 1 aliphatic carbocycles. The second kappa shape index (κ2) is 7.13. The third-order valence-corrected chi connectivity index (χ3v) is 6.12. The Morgan fingerprint density at radius 1 is 1.33 bits per heavy atom. The molecule has 1 amide bonds. The average molecular weight is 334 g/mol. The maximum absolute atomic E-state index is 11.7. The van der Waals surface area contributed by atoms with E-state index in [1.165, 1.54) is 20.0 Å². The first-order valence-corrected chi connectivity index (χ1v) is 9.04. The Morgan fingerprint density at radius 2 is 2.04 bits per heavy atom. The van der Waals surface area contributed by atoms with Gasteiger partial charge in [0.25, 0.3) is 0 Å². The number of likely N-dealkylation sites (tertiary alicyclic amines) is 2. The van der Waals surface area contributed by atoms with E-state index in [9.17, 15) is 4.79 Å². The smallest absolute Gasteiger partial charge is 0.409 e. The lowest BCUT2D eigenvalue weighted by Gasteiger charge is -2.51. The Bertz CT molecular complexity index is 505. The van der Waals surface area contributed by atoms with E-state index in [0.29, 0.717) is 17.4 Å². The maximum Gasteiger partial charge on any atom is 0.409 e. The lowest BCUT2D eigenvalue weighted by Crippen LogP contribution is -2.54. The van der Waals surface area contributed by atoms with Crippen LogP contribution in [0.2, 0.25) is 0 Å². The molecule has 1 N–H and O–H groups in total. The summed E-state index contributed by atoms with van der Waals surface area (Å²) in [5.74, 6) is 0.529. The third-order valence-electron chi connectivity index (χ3n) is 6.12. The van der Waals surface area contributed by atoms with E-state index in [-0.39, 0.29) is 6.09 Å². The number of methoxy groups -OCH3 is 1. The number of ether oxygens (including phenoxy) is 1. The van der Waals surface area contributed by atoms with Gasteiger partial charge in [-0.2, -0.15) is 5.10 Å². The van der Waals surface area contributed by atoms with Gasteiger partial charge in [0.05, 0.1) is 12.8 Å². The molecule has 0 aromatic heterocycles. The van der Waals surface area contributed by atoms with E-state index in [0.717, 1.165) is 51.2 Å². The Kier molecular flexibility index (Phi) is 5.13. The molecule has 2 aliphatic heterocycles. The van der Waals surface area contributed by atoms with Crippen LogP contribution in [-0.4, -0.2) is 68.0 Å². The number of hydrogen-bond donors (Lipinski definition) is 1. The molecule has 6 nitrogen and oxygen atoms in total. The van der Waals surface area contributed by atoms with E-state index in [2.05, 4.69) is 22.0 Å². The van der Waals surface area contributed by atoms with Crippen LogP contribution in [0, 0.1) is 11.3 Å². The number of amides is 1. The number of hydrazone groups is 1. The summed E-state index contributed by atoms with van der Waals surface area (Å²) in [4.78, 5) is 16.2. The molecule has 3 aliphatic rings. The molecule has 1 saturated carbocycles. The molecule has 0 aromatic rings. The fraction of sp³-hybridized carbons (Fsp3) is 0.778. The number of rotatable bonds is 4. The van der Waals surface area contributed by atoms with E-state index in [4.69, 9.17) is 4.74 Å². The minimum atomic E-state index is -0.170. The van der Waals surface area contributed by atoms with Gasteiger partial charge in [0, 0.05) is 32.1 Å². The zero-order valence-corrected chi connectivity index (χ0v) is 15.0. The number of carbonyl (C=O) groups is 1. The van der Waals surface area contributed by atoms with Crippen molar-refractivity contribution in [3.63, 3.8) is 0 Å². The molecular formula is C18H30N4O2. The summed E-state index contributed by atoms with van der Waals surface area (Å²) in [6.45, 7) is 7.90. The Labute approximate surface area is 144 Å². The molecule has 134 valence electrons. The summed E-state index contributed by atoms with van der Waals surface area (Å²) in [6, 6.07) is 0.692. The van der Waals surface area contributed by atoms with Crippen LogP contribution in [0.3, 0.4) is 0 Å². The van der Waals surface area contributed by atoms with Crippen molar-refractivity contribution < 1.29 is 9.53 Å². The highest BCUT2D eigenvalue weighted by Crippen LogP contribution is 2.50. The largest absolute Gasteiger partial charge is 0.453 e. The summed E-state index contributed by atoms with van der Waals surface area (Å²) >= 11 is 0. The number of hydrogen-bond acceptors (Lipinski definition) is 5. The second-order valence-corrected chi connectivity index (χ2v) is 7.48. The lowest BCUT2D eigenvalue weighted by atomic mass is 9.64. The molecular weight excluding hydrogens is 304 g/mol. The van der Waals surface area contributed by atoms with Crippen LogP contribution in [-0.2, 0) is 4.74 Å². The second-order valence-electron chi connectivity index (χ2n) is 7.48. The quantitative estimate of drug-likeness (QED) is 0.632. The number of nitrogens with one attached hydrogen (secondary N) is 1. The van der Waals surface area contributed by atoms with Crippen molar-refractivity contribution in [2.75, 3.05) is 40.3 Å². The van der Waals surface area contributed by atoms with Gasteiger partial charge >= 0.3 is 6.09 Å². The molecule has 0 radical (unpaired) electrons. The molecule has 2 saturated heterocycles. The fourth-order valence-corrected chi connectivity index (χ4v) is 4.74. The average Bonchev–Trinajstić information content (AvgIpc) is 3.03. The summed E-state index contributed by atoms with van der Waals surface area (Å²) in [7, 11) is 3.31. The van der Waals surface area contributed by atoms with Crippen LogP contribution >= 0.6 is 0 Å². The van der Waals surface area contributed by atoms with Crippen LogP contribution < -0.4 is 5.43 Å². The van der Waals surface area contributed by atoms with Crippen molar-refractivity contribution >= 4 is 11.8 Å². The Balaban J connectivity index is 1.46. The van der Waals surface area contributed by atoms with Crippen molar-refractivity contribution in [3.05, 3.63) is 12.7 Å². The minimum absolute atomic E-state index is 0.170. The topological polar surface area (TPSA) is 57.2 Å². The van der Waals surface area contributed by atoms with Gasteiger partial charge in [-0.25, -0.2) is 4.79 Å². The van der Waals surface area contributed by atoms with Crippen LogP contribution in [0.4, 0.5) is 4.79 Å². The van der Waals surface area contributed by atoms with Crippen LogP contribution in [0.25, 0.3) is 0 Å². The Hall–Kier alpha value is -1.56. The molecule has 3 rings (SSSR count). The summed E-state index contributed by atoms with van der Waals surface area (Å²) in [6.07, 6.45) is 7.61. The predicted molar refractivity (Wildman–Crippen MR) is 95.0 cm³/mol. The van der Waals surface area contributed by atoms with Gasteiger partial charge in [-0.15, -0.1) is 0 Å². The van der Waals surface area contributed by atoms with E-state index < -0.39 is 0 Å². The fourth-order valence-electron chi connectivity index (χ4n) is 4.74. The van der Waals surface area contributed by atoms with Crippen molar-refractivity contribution in [1.82, 2.24) is 15.2 Å². The van der Waals surface area contributed by atoms with E-state index in [1.807, 2.05) is 18.0 Å². The number of carbonyl (C=O) groups excluding carboxylic acids is 1. The highest BCUT2D eigenvalue weighted by Gasteiger charge is 2.51. The van der Waals surface area contributed by atoms with Gasteiger partial charge in [-0.05, 0) is 56.7 Å². The molecule has 3 fully saturated rings. The van der Waals surface area contributed by atoms with Gasteiger partial charge in [0.15, 0.2) is 0 Å². The van der Waals surface area contributed by atoms with Gasteiger partial charge in [0.1, 0.15) is 0 Å². The normalized spacial score (nSPS) is 31.8. The standard InChI is InChI=1S/C18H30N4O2/c1-4-16(20-19-2)14-5-8-21(9-6-14)15-11-18(12-15)7-10-22(13-18)17(23)24-3/h4,14-15,19H,1,5-13H2,2-3H3/b20-16+. The number of piperidine rings is 1. The summed E-state index contributed by atoms with van der Waals surface area (Å²) in [5, 5.41) is 4.34. The van der Waals surface area contributed by atoms with E-state index in [1.54, 1.807) is 0 Å². The SMILES string of the molecule is C=C/C(=N\NC)C1CCN(C2CC3(CCN(C(=O)OC)C3)C2)CC1. The highest BCUT2D eigenvalue weighted by atomic mass is 16.5. The van der Waals surface area contributed by atoms with Crippen LogP contribution in [0.1, 0.15) is 32.1 Å². The Morgan fingerprint density at radius 3 is 2.62 bits per heavy atom. The molecule has 24 heavy (non-hydrogen) atoms. The molecule has 6 heteroatoms. The van der Waals surface area contributed by atoms with Crippen LogP contribution in [0.15, 0.2) is 17.8 Å². The molecule has 2 heterocycles. The molecule has 1 spiro atoms. The third kappa shape index (κ3) is 3.29. The lowest BCUT2D eigenvalue weighted by molar-refractivity contribution is -0.00495. The minimum Gasteiger partial charge on any atom is -0.453 e. The zero-order valence-electron chi connectivity index (χ0n) is 15.0. The summed E-state index contributed by atoms with van der Waals surface area (Å²) < 4.78 is 4.86. The molecule has 0 aromatic carbocycles. The zero-order chi connectivity index (χ0) is 17.2. The van der Waals surface area contributed by atoms with E-state index >= 15 is 0 Å². The van der Waals surface area contributed by atoms with Gasteiger partial charge in [0.2, 0.25) is 0 Å². The first-order chi connectivity index (χ1) is 11.6. The van der Waals surface area contributed by atoms with Crippen molar-refractivity contribution in [2.24, 2.45) is 16.4 Å². The van der Waals surface area contributed by atoms with Crippen molar-refractivity contribution in [3.8, 4) is 0 Å². The molecule has 0 bridgehead atoms. The first-order valence-electron chi connectivity index (χ1n) is 9.04. The predicted octanol–water partition coefficient (Wildman–Crippen LogP) is 2.08. The van der Waals surface area contributed by atoms with Gasteiger partial charge in [-0.1, -0.05) is 6.58 Å². The number of nitrogens with zero attached hydrogens (tertiary/aromatic N) is 3. The van der Waals surface area contributed by atoms with Crippen LogP contribution in [0.5, 0.6) is 0 Å². The maximum atomic E-state index is 11.7. The highest BCUT2D eigenvalue weighted by molar-refractivity contribution is 5.96. The first kappa shape index (κ1) is 17.3. The summed E-state index contributed by atoms with van der Waals surface area (Å²) in [5.41, 5.74) is 4.33. The molecule has 0 unspecified atom stereocenters. The van der Waals surface area contributed by atoms with Gasteiger partial charge in [-0.3, -0.25) is 0 Å². The number of allylic oxidation sites excluding steroid dienone is 1.